The molecule has 5 nitrogen and oxygen atoms in total. The molecule has 0 radical (unpaired) electrons. The highest BCUT2D eigenvalue weighted by molar-refractivity contribution is 5.03. The lowest BCUT2D eigenvalue weighted by atomic mass is 9.89. The van der Waals surface area contributed by atoms with Crippen molar-refractivity contribution in [2.24, 2.45) is 0 Å². The second kappa shape index (κ2) is 5.63. The zero-order valence-corrected chi connectivity index (χ0v) is 11.7. The minimum atomic E-state index is -0.988. The van der Waals surface area contributed by atoms with E-state index in [0.717, 1.165) is 32.1 Å². The summed E-state index contributed by atoms with van der Waals surface area (Å²) in [5.41, 5.74) is 0. The second-order valence-corrected chi connectivity index (χ2v) is 5.70. The molecule has 5 heteroatoms. The molecule has 0 amide bonds. The van der Waals surface area contributed by atoms with E-state index in [1.807, 2.05) is 0 Å². The number of rotatable bonds is 1. The zero-order valence-electron chi connectivity index (χ0n) is 11.7. The van der Waals surface area contributed by atoms with Gasteiger partial charge in [-0.15, -0.1) is 6.42 Å². The van der Waals surface area contributed by atoms with E-state index >= 15 is 0 Å². The Morgan fingerprint density at radius 3 is 2.20 bits per heavy atom. The molecule has 0 aliphatic carbocycles. The zero-order chi connectivity index (χ0) is 14.1. The molecule has 3 fully saturated rings. The summed E-state index contributed by atoms with van der Waals surface area (Å²) < 4.78 is 24.0. The smallest absolute Gasteiger partial charge is 0.224 e. The molecule has 3 aliphatic heterocycles. The Hall–Kier alpha value is -0.640. The van der Waals surface area contributed by atoms with Crippen molar-refractivity contribution in [3.8, 4) is 12.3 Å². The van der Waals surface area contributed by atoms with E-state index in [0.29, 0.717) is 19.6 Å². The van der Waals surface area contributed by atoms with Gasteiger partial charge in [-0.25, -0.2) is 0 Å². The van der Waals surface area contributed by atoms with Crippen LogP contribution >= 0.6 is 0 Å². The molecule has 0 aromatic heterocycles. The van der Waals surface area contributed by atoms with E-state index in [4.69, 9.17) is 25.4 Å². The molecule has 0 unspecified atom stereocenters. The molecule has 0 bridgehead atoms. The molecule has 3 heterocycles. The Bertz CT molecular complexity index is 376. The Balaban J connectivity index is 1.86. The van der Waals surface area contributed by atoms with Gasteiger partial charge in [0, 0.05) is 12.8 Å². The van der Waals surface area contributed by atoms with Gasteiger partial charge in [0.1, 0.15) is 12.2 Å². The third-order valence-electron chi connectivity index (χ3n) is 4.40. The minimum Gasteiger partial charge on any atom is -0.378 e. The molecule has 0 aromatic rings. The first-order valence-corrected chi connectivity index (χ1v) is 7.45. The Kier molecular flexibility index (Phi) is 4.02. The number of hydrogen-bond donors (Lipinski definition) is 1. The fourth-order valence-corrected chi connectivity index (χ4v) is 3.30. The van der Waals surface area contributed by atoms with Crippen molar-refractivity contribution in [3.05, 3.63) is 0 Å². The third kappa shape index (κ3) is 2.26. The van der Waals surface area contributed by atoms with Gasteiger partial charge < -0.3 is 24.1 Å². The summed E-state index contributed by atoms with van der Waals surface area (Å²) in [5, 5.41) is 9.85. The van der Waals surface area contributed by atoms with Crippen molar-refractivity contribution < 1.29 is 24.1 Å². The van der Waals surface area contributed by atoms with Gasteiger partial charge in [0.05, 0.1) is 19.8 Å². The van der Waals surface area contributed by atoms with Crippen molar-refractivity contribution in [1.29, 1.82) is 0 Å². The third-order valence-corrected chi connectivity index (χ3v) is 4.40. The van der Waals surface area contributed by atoms with E-state index in [-0.39, 0.29) is 6.61 Å². The number of aliphatic hydroxyl groups is 1. The van der Waals surface area contributed by atoms with Gasteiger partial charge in [-0.05, 0) is 25.7 Å². The average molecular weight is 282 g/mol. The van der Waals surface area contributed by atoms with Crippen LogP contribution in [-0.2, 0) is 18.9 Å². The van der Waals surface area contributed by atoms with E-state index < -0.39 is 23.8 Å². The molecule has 112 valence electrons. The maximum absolute atomic E-state index is 9.85. The first kappa shape index (κ1) is 14.3. The van der Waals surface area contributed by atoms with Gasteiger partial charge in [0.2, 0.25) is 11.6 Å². The van der Waals surface area contributed by atoms with Gasteiger partial charge in [-0.2, -0.15) is 0 Å². The molecular weight excluding hydrogens is 260 g/mol. The van der Waals surface area contributed by atoms with Crippen LogP contribution < -0.4 is 0 Å². The summed E-state index contributed by atoms with van der Waals surface area (Å²) in [7, 11) is 0. The van der Waals surface area contributed by atoms with Crippen molar-refractivity contribution in [2.75, 3.05) is 19.8 Å². The molecule has 1 N–H and O–H groups in total. The first-order valence-electron chi connectivity index (χ1n) is 7.45. The van der Waals surface area contributed by atoms with Crippen molar-refractivity contribution in [2.45, 2.75) is 62.3 Å². The summed E-state index contributed by atoms with van der Waals surface area (Å²) >= 11 is 0. The summed E-state index contributed by atoms with van der Waals surface area (Å²) in [6.45, 7) is 1.50. The van der Waals surface area contributed by atoms with E-state index in [1.165, 1.54) is 0 Å². The van der Waals surface area contributed by atoms with Gasteiger partial charge >= 0.3 is 0 Å². The lowest BCUT2D eigenvalue weighted by molar-refractivity contribution is -0.469. The highest BCUT2D eigenvalue weighted by Gasteiger charge is 2.61. The molecule has 3 aliphatic rings. The highest BCUT2D eigenvalue weighted by Crippen LogP contribution is 2.47. The number of aliphatic hydroxyl groups excluding tert-OH is 1. The predicted molar refractivity (Wildman–Crippen MR) is 70.7 cm³/mol. The molecule has 3 rings (SSSR count). The van der Waals surface area contributed by atoms with Crippen LogP contribution in [0.1, 0.15) is 38.5 Å². The monoisotopic (exact) mass is 282 g/mol. The van der Waals surface area contributed by atoms with E-state index in [2.05, 4.69) is 5.92 Å². The fraction of sp³-hybridized carbons (Fsp3) is 0.867. The van der Waals surface area contributed by atoms with Crippen LogP contribution in [0.15, 0.2) is 0 Å². The SMILES string of the molecule is C#C[C@H](O)[C@H]1CO[C@]2(CCCCO2)[C@@]2(CCCCO2)O1. The van der Waals surface area contributed by atoms with Crippen LogP contribution in [0.25, 0.3) is 0 Å². The Labute approximate surface area is 119 Å². The van der Waals surface area contributed by atoms with Gasteiger partial charge in [-0.1, -0.05) is 5.92 Å². The average Bonchev–Trinajstić information content (AvgIpc) is 2.51. The normalized spacial score (nSPS) is 43.3. The Morgan fingerprint density at radius 1 is 1.00 bits per heavy atom. The predicted octanol–water partition coefficient (Wildman–Crippen LogP) is 1.19. The summed E-state index contributed by atoms with van der Waals surface area (Å²) in [5.74, 6) is 0.541. The molecular formula is C15H22O5. The molecule has 0 saturated carbocycles. The fourth-order valence-electron chi connectivity index (χ4n) is 3.30. The largest absolute Gasteiger partial charge is 0.378 e. The number of ether oxygens (including phenoxy) is 4. The molecule has 20 heavy (non-hydrogen) atoms. The van der Waals surface area contributed by atoms with Crippen LogP contribution in [0.2, 0.25) is 0 Å². The van der Waals surface area contributed by atoms with Gasteiger partial charge in [0.25, 0.3) is 0 Å². The Morgan fingerprint density at radius 2 is 1.65 bits per heavy atom. The number of hydrogen-bond acceptors (Lipinski definition) is 5. The second-order valence-electron chi connectivity index (χ2n) is 5.70. The molecule has 3 saturated heterocycles. The quantitative estimate of drug-likeness (QED) is 0.732. The molecule has 4 atom stereocenters. The van der Waals surface area contributed by atoms with Gasteiger partial charge in [-0.3, -0.25) is 0 Å². The highest BCUT2D eigenvalue weighted by atomic mass is 16.8. The van der Waals surface area contributed by atoms with Crippen molar-refractivity contribution in [3.63, 3.8) is 0 Å². The van der Waals surface area contributed by atoms with E-state index in [1.54, 1.807) is 0 Å². The maximum atomic E-state index is 9.85. The lowest BCUT2D eigenvalue weighted by Crippen LogP contribution is -2.68. The summed E-state index contributed by atoms with van der Waals surface area (Å²) in [4.78, 5) is 0. The van der Waals surface area contributed by atoms with Crippen LogP contribution in [-0.4, -0.2) is 48.7 Å². The molecule has 0 aromatic carbocycles. The van der Waals surface area contributed by atoms with Crippen LogP contribution in [0.4, 0.5) is 0 Å². The summed E-state index contributed by atoms with van der Waals surface area (Å²) in [6.07, 6.45) is 9.25. The number of terminal acetylenes is 1. The summed E-state index contributed by atoms with van der Waals surface area (Å²) in [6, 6.07) is 0. The standard InChI is InChI=1S/C15H22O5/c1-2-12(16)13-11-19-14(7-3-5-9-17-14)15(20-13)8-4-6-10-18-15/h1,12-13,16H,3-11H2/t12-,13+,14+,15+/m0/s1. The minimum absolute atomic E-state index is 0.233. The van der Waals surface area contributed by atoms with E-state index in [9.17, 15) is 5.11 Å². The van der Waals surface area contributed by atoms with Crippen molar-refractivity contribution in [1.82, 2.24) is 0 Å². The maximum Gasteiger partial charge on any atom is 0.224 e. The lowest BCUT2D eigenvalue weighted by Gasteiger charge is -2.56. The van der Waals surface area contributed by atoms with Gasteiger partial charge in [0.15, 0.2) is 0 Å². The number of fused-ring (bicyclic) bond motifs is 1. The topological polar surface area (TPSA) is 57.2 Å². The van der Waals surface area contributed by atoms with Crippen LogP contribution in [0, 0.1) is 12.3 Å². The first-order chi connectivity index (χ1) is 9.71. The van der Waals surface area contributed by atoms with Crippen LogP contribution in [0.3, 0.4) is 0 Å². The van der Waals surface area contributed by atoms with Crippen LogP contribution in [0.5, 0.6) is 0 Å². The van der Waals surface area contributed by atoms with Crippen molar-refractivity contribution >= 4 is 0 Å². The molecule has 2 spiro atoms.